The summed E-state index contributed by atoms with van der Waals surface area (Å²) in [7, 11) is 1.65. The van der Waals surface area contributed by atoms with Crippen LogP contribution in [0.2, 0.25) is 5.02 Å². The van der Waals surface area contributed by atoms with Crippen molar-refractivity contribution >= 4 is 51.5 Å². The number of amides is 3. The lowest BCUT2D eigenvalue weighted by Crippen LogP contribution is -2.49. The van der Waals surface area contributed by atoms with Gasteiger partial charge in [-0.1, -0.05) is 25.4 Å². The lowest BCUT2D eigenvalue weighted by atomic mass is 10.1. The third kappa shape index (κ3) is 7.95. The minimum atomic E-state index is -0.343. The number of thiazole rings is 1. The molecule has 9 nitrogen and oxygen atoms in total. The summed E-state index contributed by atoms with van der Waals surface area (Å²) in [4.78, 5) is 48.8. The van der Waals surface area contributed by atoms with Crippen LogP contribution in [0.4, 0.5) is 10.8 Å². The number of nitrogens with one attached hydrogen (secondary N) is 1. The Morgan fingerprint density at radius 3 is 2.35 bits per heavy atom. The molecule has 11 heteroatoms. The predicted molar refractivity (Wildman–Crippen MR) is 158 cm³/mol. The number of benzene rings is 2. The second-order valence-corrected chi connectivity index (χ2v) is 11.3. The molecule has 0 spiro atoms. The van der Waals surface area contributed by atoms with Gasteiger partial charge in [-0.3, -0.25) is 14.4 Å². The minimum absolute atomic E-state index is 0.00854. The number of methoxy groups -OCH3 is 1. The standard InChI is InChI=1S/C29H34ClN5O4S/c1-20(2)17-35(28(38)21-4-6-22(30)7-5-21)18-26(36)32-29-31-23(19-40-29)16-27(37)34-14-12-33(13-15-34)24-8-10-25(39-3)11-9-24/h4-11,19-20H,12-18H2,1-3H3,(H,31,32,36). The highest BCUT2D eigenvalue weighted by Gasteiger charge is 2.23. The largest absolute Gasteiger partial charge is 0.497 e. The van der Waals surface area contributed by atoms with Crippen molar-refractivity contribution in [1.82, 2.24) is 14.8 Å². The van der Waals surface area contributed by atoms with Crippen LogP contribution in [0.15, 0.2) is 53.9 Å². The third-order valence-electron chi connectivity index (χ3n) is 6.50. The maximum atomic E-state index is 13.0. The second-order valence-electron chi connectivity index (χ2n) is 10.0. The van der Waals surface area contributed by atoms with Gasteiger partial charge in [0.2, 0.25) is 11.8 Å². The first-order valence-electron chi connectivity index (χ1n) is 13.2. The molecule has 0 bridgehead atoms. The highest BCUT2D eigenvalue weighted by Crippen LogP contribution is 2.22. The quantitative estimate of drug-likeness (QED) is 0.379. The van der Waals surface area contributed by atoms with E-state index < -0.39 is 0 Å². The Labute approximate surface area is 243 Å². The zero-order chi connectivity index (χ0) is 28.6. The number of anilines is 2. The number of rotatable bonds is 10. The van der Waals surface area contributed by atoms with E-state index in [4.69, 9.17) is 16.3 Å². The number of piperazine rings is 1. The topological polar surface area (TPSA) is 95.1 Å². The Hall–Kier alpha value is -3.63. The summed E-state index contributed by atoms with van der Waals surface area (Å²) in [5, 5.41) is 5.51. The van der Waals surface area contributed by atoms with Crippen LogP contribution >= 0.6 is 22.9 Å². The molecule has 2 aromatic carbocycles. The Kier molecular flexibility index (Phi) is 10.0. The van der Waals surface area contributed by atoms with E-state index in [1.165, 1.54) is 16.2 Å². The lowest BCUT2D eigenvalue weighted by Gasteiger charge is -2.36. The van der Waals surface area contributed by atoms with E-state index in [-0.39, 0.29) is 36.6 Å². The van der Waals surface area contributed by atoms with Crippen molar-refractivity contribution in [2.24, 2.45) is 5.92 Å². The third-order valence-corrected chi connectivity index (χ3v) is 7.56. The highest BCUT2D eigenvalue weighted by atomic mass is 35.5. The second kappa shape index (κ2) is 13.6. The van der Waals surface area contributed by atoms with Crippen molar-refractivity contribution in [3.05, 3.63) is 70.2 Å². The van der Waals surface area contributed by atoms with E-state index in [9.17, 15) is 14.4 Å². The molecule has 1 N–H and O–H groups in total. The van der Waals surface area contributed by atoms with E-state index in [0.717, 1.165) is 24.5 Å². The van der Waals surface area contributed by atoms with E-state index >= 15 is 0 Å². The molecule has 40 heavy (non-hydrogen) atoms. The number of nitrogens with zero attached hydrogens (tertiary/aromatic N) is 4. The zero-order valence-electron chi connectivity index (χ0n) is 22.9. The normalized spacial score (nSPS) is 13.3. The van der Waals surface area contributed by atoms with Gasteiger partial charge >= 0.3 is 0 Å². The minimum Gasteiger partial charge on any atom is -0.497 e. The van der Waals surface area contributed by atoms with Gasteiger partial charge in [0.05, 0.1) is 19.2 Å². The summed E-state index contributed by atoms with van der Waals surface area (Å²) in [6.07, 6.45) is 0.170. The number of ether oxygens (including phenoxy) is 1. The molecule has 0 saturated carbocycles. The van der Waals surface area contributed by atoms with Crippen molar-refractivity contribution in [1.29, 1.82) is 0 Å². The van der Waals surface area contributed by atoms with E-state index in [0.29, 0.717) is 41.0 Å². The molecule has 0 unspecified atom stereocenters. The van der Waals surface area contributed by atoms with Gasteiger partial charge in [-0.25, -0.2) is 4.98 Å². The Morgan fingerprint density at radius 1 is 1.05 bits per heavy atom. The molecule has 4 rings (SSSR count). The van der Waals surface area contributed by atoms with Crippen LogP contribution in [-0.2, 0) is 16.0 Å². The molecule has 1 aromatic heterocycles. The predicted octanol–water partition coefficient (Wildman–Crippen LogP) is 4.43. The Morgan fingerprint density at radius 2 is 1.73 bits per heavy atom. The fourth-order valence-corrected chi connectivity index (χ4v) is 5.34. The number of halogens is 1. The molecular weight excluding hydrogens is 550 g/mol. The van der Waals surface area contributed by atoms with Gasteiger partial charge in [0.25, 0.3) is 5.91 Å². The highest BCUT2D eigenvalue weighted by molar-refractivity contribution is 7.13. The fraction of sp³-hybridized carbons (Fsp3) is 0.379. The molecule has 0 atom stereocenters. The summed E-state index contributed by atoms with van der Waals surface area (Å²) in [6.45, 7) is 7.06. The Balaban J connectivity index is 1.27. The van der Waals surface area contributed by atoms with Crippen LogP contribution in [0.3, 0.4) is 0 Å². The van der Waals surface area contributed by atoms with Gasteiger partial charge in [0.1, 0.15) is 12.3 Å². The monoisotopic (exact) mass is 583 g/mol. The first kappa shape index (κ1) is 29.4. The van der Waals surface area contributed by atoms with Crippen molar-refractivity contribution in [3.8, 4) is 5.75 Å². The molecule has 1 aliphatic heterocycles. The van der Waals surface area contributed by atoms with Crippen molar-refractivity contribution in [2.75, 3.05) is 56.6 Å². The van der Waals surface area contributed by atoms with Crippen LogP contribution in [0.1, 0.15) is 29.9 Å². The van der Waals surface area contributed by atoms with Gasteiger partial charge < -0.3 is 24.8 Å². The van der Waals surface area contributed by atoms with E-state index in [1.807, 2.05) is 43.0 Å². The molecule has 3 aromatic rings. The van der Waals surface area contributed by atoms with Gasteiger partial charge in [-0.2, -0.15) is 0 Å². The van der Waals surface area contributed by atoms with Crippen LogP contribution in [0.25, 0.3) is 0 Å². The number of hydrogen-bond acceptors (Lipinski definition) is 7. The van der Waals surface area contributed by atoms with Crippen molar-refractivity contribution in [3.63, 3.8) is 0 Å². The van der Waals surface area contributed by atoms with Crippen LogP contribution in [-0.4, -0.2) is 78.9 Å². The van der Waals surface area contributed by atoms with Crippen LogP contribution in [0.5, 0.6) is 5.75 Å². The first-order valence-corrected chi connectivity index (χ1v) is 14.4. The molecule has 3 amide bonds. The van der Waals surface area contributed by atoms with Gasteiger partial charge in [-0.15, -0.1) is 11.3 Å². The maximum absolute atomic E-state index is 13.0. The number of carbonyl (C=O) groups excluding carboxylic acids is 3. The summed E-state index contributed by atoms with van der Waals surface area (Å²) < 4.78 is 5.23. The number of aromatic nitrogens is 1. The molecule has 0 aliphatic carbocycles. The average Bonchev–Trinajstić information content (AvgIpc) is 3.38. The molecule has 212 valence electrons. The van der Waals surface area contributed by atoms with Crippen LogP contribution in [0, 0.1) is 5.92 Å². The lowest BCUT2D eigenvalue weighted by molar-refractivity contribution is -0.130. The Bertz CT molecular complexity index is 1300. The van der Waals surface area contributed by atoms with Crippen molar-refractivity contribution < 1.29 is 19.1 Å². The van der Waals surface area contributed by atoms with Gasteiger partial charge in [0.15, 0.2) is 5.13 Å². The van der Waals surface area contributed by atoms with Gasteiger partial charge in [0, 0.05) is 54.4 Å². The molecular formula is C29H34ClN5O4S. The van der Waals surface area contributed by atoms with Crippen molar-refractivity contribution in [2.45, 2.75) is 20.3 Å². The summed E-state index contributed by atoms with van der Waals surface area (Å²) in [5.41, 5.74) is 2.19. The smallest absolute Gasteiger partial charge is 0.254 e. The average molecular weight is 584 g/mol. The fourth-order valence-electron chi connectivity index (χ4n) is 4.49. The molecule has 2 heterocycles. The summed E-state index contributed by atoms with van der Waals surface area (Å²) in [6, 6.07) is 14.5. The zero-order valence-corrected chi connectivity index (χ0v) is 24.5. The molecule has 1 fully saturated rings. The molecule has 1 saturated heterocycles. The van der Waals surface area contributed by atoms with E-state index in [2.05, 4.69) is 15.2 Å². The van der Waals surface area contributed by atoms with Crippen LogP contribution < -0.4 is 15.0 Å². The summed E-state index contributed by atoms with van der Waals surface area (Å²) >= 11 is 7.21. The van der Waals surface area contributed by atoms with E-state index in [1.54, 1.807) is 36.8 Å². The summed E-state index contributed by atoms with van der Waals surface area (Å²) in [5.74, 6) is 0.424. The molecule has 1 aliphatic rings. The number of carbonyl (C=O) groups is 3. The number of hydrogen-bond donors (Lipinski definition) is 1. The SMILES string of the molecule is COc1ccc(N2CCN(C(=O)Cc3csc(NC(=O)CN(CC(C)C)C(=O)c4ccc(Cl)cc4)n3)CC2)cc1. The molecule has 0 radical (unpaired) electrons. The van der Waals surface area contributed by atoms with Gasteiger partial charge in [-0.05, 0) is 54.4 Å². The maximum Gasteiger partial charge on any atom is 0.254 e. The first-order chi connectivity index (χ1) is 19.2.